The number of nitrogens with one attached hydrogen (secondary N) is 1. The van der Waals surface area contributed by atoms with Crippen molar-refractivity contribution in [3.05, 3.63) is 25.1 Å². The van der Waals surface area contributed by atoms with Crippen molar-refractivity contribution in [3.8, 4) is 11.3 Å². The van der Waals surface area contributed by atoms with E-state index in [1.165, 1.54) is 30.6 Å². The van der Waals surface area contributed by atoms with Gasteiger partial charge in [0.1, 0.15) is 9.34 Å². The molecule has 0 amide bonds. The first-order chi connectivity index (χ1) is 8.74. The van der Waals surface area contributed by atoms with Gasteiger partial charge in [0, 0.05) is 10.9 Å². The molecule has 0 saturated carbocycles. The summed E-state index contributed by atoms with van der Waals surface area (Å²) in [7, 11) is 0. The third kappa shape index (κ3) is 2.58. The van der Waals surface area contributed by atoms with E-state index in [0.717, 1.165) is 22.8 Å². The summed E-state index contributed by atoms with van der Waals surface area (Å²) in [5.74, 6) is 0. The lowest BCUT2D eigenvalue weighted by molar-refractivity contribution is 0.411. The Morgan fingerprint density at radius 2 is 2.22 bits per heavy atom. The third-order valence-electron chi connectivity index (χ3n) is 3.06. The fraction of sp³-hybridized carbons (Fsp3) is 0.417. The minimum Gasteiger partial charge on any atom is -0.308 e. The Labute approximate surface area is 124 Å². The van der Waals surface area contributed by atoms with Crippen LogP contribution in [0.2, 0.25) is 8.67 Å². The SMILES string of the molecule is Clc1cc(-c2csc(C3CCCCN3)n2)c(Cl)s1. The van der Waals surface area contributed by atoms with Gasteiger partial charge in [0.15, 0.2) is 0 Å². The molecule has 1 atom stereocenters. The van der Waals surface area contributed by atoms with Crippen LogP contribution >= 0.6 is 45.9 Å². The second kappa shape index (κ2) is 5.47. The molecule has 18 heavy (non-hydrogen) atoms. The van der Waals surface area contributed by atoms with Crippen LogP contribution in [0, 0.1) is 0 Å². The Hall–Kier alpha value is -0.130. The summed E-state index contributed by atoms with van der Waals surface area (Å²) < 4.78 is 1.42. The summed E-state index contributed by atoms with van der Waals surface area (Å²) in [6.45, 7) is 1.09. The van der Waals surface area contributed by atoms with Gasteiger partial charge in [-0.25, -0.2) is 4.98 Å². The average Bonchev–Trinajstić information content (AvgIpc) is 2.97. The molecule has 1 aliphatic heterocycles. The minimum atomic E-state index is 0.408. The predicted octanol–water partition coefficient (Wildman–Crippen LogP) is 4.99. The second-order valence-corrected chi connectivity index (χ2v) is 7.49. The summed E-state index contributed by atoms with van der Waals surface area (Å²) in [6, 6.07) is 2.30. The molecule has 6 heteroatoms. The largest absolute Gasteiger partial charge is 0.308 e. The molecule has 0 aromatic carbocycles. The molecule has 0 bridgehead atoms. The Balaban J connectivity index is 1.86. The van der Waals surface area contributed by atoms with Gasteiger partial charge in [-0.2, -0.15) is 0 Å². The Kier molecular flexibility index (Phi) is 3.91. The standard InChI is InChI=1S/C12H12Cl2N2S2/c13-10-5-7(11(14)18-10)9-6-17-12(16-9)8-3-1-2-4-15-8/h5-6,8,15H,1-4H2. The van der Waals surface area contributed by atoms with Gasteiger partial charge in [0.05, 0.1) is 16.1 Å². The van der Waals surface area contributed by atoms with Gasteiger partial charge in [0.2, 0.25) is 0 Å². The number of thiophene rings is 1. The number of nitrogens with zero attached hydrogens (tertiary/aromatic N) is 1. The first-order valence-corrected chi connectivity index (χ1v) is 8.33. The lowest BCUT2D eigenvalue weighted by Gasteiger charge is -2.21. The van der Waals surface area contributed by atoms with Crippen molar-refractivity contribution < 1.29 is 0 Å². The molecule has 3 heterocycles. The summed E-state index contributed by atoms with van der Waals surface area (Å²) >= 11 is 15.2. The maximum absolute atomic E-state index is 6.16. The smallest absolute Gasteiger partial charge is 0.110 e. The van der Waals surface area contributed by atoms with Gasteiger partial charge in [-0.05, 0) is 25.5 Å². The summed E-state index contributed by atoms with van der Waals surface area (Å²) in [4.78, 5) is 4.70. The van der Waals surface area contributed by atoms with Crippen LogP contribution in [0.1, 0.15) is 30.3 Å². The van der Waals surface area contributed by atoms with Crippen LogP contribution in [-0.2, 0) is 0 Å². The molecule has 1 aliphatic rings. The molecule has 2 aromatic heterocycles. The molecular weight excluding hydrogens is 307 g/mol. The molecule has 1 saturated heterocycles. The van der Waals surface area contributed by atoms with E-state index in [-0.39, 0.29) is 0 Å². The molecule has 1 N–H and O–H groups in total. The van der Waals surface area contributed by atoms with Crippen LogP contribution in [0.25, 0.3) is 11.3 Å². The highest BCUT2D eigenvalue weighted by molar-refractivity contribution is 7.20. The maximum Gasteiger partial charge on any atom is 0.110 e. The number of rotatable bonds is 2. The van der Waals surface area contributed by atoms with Gasteiger partial charge >= 0.3 is 0 Å². The van der Waals surface area contributed by atoms with Gasteiger partial charge < -0.3 is 5.32 Å². The average molecular weight is 319 g/mol. The van der Waals surface area contributed by atoms with E-state index in [0.29, 0.717) is 14.7 Å². The highest BCUT2D eigenvalue weighted by atomic mass is 35.5. The molecule has 2 aromatic rings. The number of halogens is 2. The zero-order chi connectivity index (χ0) is 12.5. The fourth-order valence-electron chi connectivity index (χ4n) is 2.15. The van der Waals surface area contributed by atoms with Crippen LogP contribution in [0.3, 0.4) is 0 Å². The third-order valence-corrected chi connectivity index (χ3v) is 5.51. The molecular formula is C12H12Cl2N2S2. The van der Waals surface area contributed by atoms with Gasteiger partial charge in [-0.1, -0.05) is 29.6 Å². The topological polar surface area (TPSA) is 24.9 Å². The molecule has 96 valence electrons. The van der Waals surface area contributed by atoms with E-state index in [4.69, 9.17) is 28.2 Å². The van der Waals surface area contributed by atoms with Crippen molar-refractivity contribution in [2.24, 2.45) is 0 Å². The molecule has 0 spiro atoms. The molecule has 0 radical (unpaired) electrons. The Bertz CT molecular complexity index is 544. The van der Waals surface area contributed by atoms with Crippen LogP contribution < -0.4 is 5.32 Å². The number of hydrogen-bond donors (Lipinski definition) is 1. The van der Waals surface area contributed by atoms with Crippen molar-refractivity contribution in [3.63, 3.8) is 0 Å². The van der Waals surface area contributed by atoms with Crippen molar-refractivity contribution in [2.45, 2.75) is 25.3 Å². The van der Waals surface area contributed by atoms with Gasteiger partial charge in [-0.15, -0.1) is 22.7 Å². The van der Waals surface area contributed by atoms with E-state index >= 15 is 0 Å². The van der Waals surface area contributed by atoms with Crippen LogP contribution in [0.15, 0.2) is 11.4 Å². The van der Waals surface area contributed by atoms with E-state index < -0.39 is 0 Å². The van der Waals surface area contributed by atoms with E-state index in [1.54, 1.807) is 11.3 Å². The molecule has 2 nitrogen and oxygen atoms in total. The van der Waals surface area contributed by atoms with Crippen molar-refractivity contribution >= 4 is 45.9 Å². The number of aromatic nitrogens is 1. The summed E-state index contributed by atoms with van der Waals surface area (Å²) in [6.07, 6.45) is 3.71. The number of hydrogen-bond acceptors (Lipinski definition) is 4. The fourth-order valence-corrected chi connectivity index (χ4v) is 4.56. The molecule has 1 fully saturated rings. The van der Waals surface area contributed by atoms with Crippen LogP contribution in [-0.4, -0.2) is 11.5 Å². The number of thiazole rings is 1. The van der Waals surface area contributed by atoms with E-state index in [9.17, 15) is 0 Å². The molecule has 3 rings (SSSR count). The zero-order valence-corrected chi connectivity index (χ0v) is 12.7. The first kappa shape index (κ1) is 12.9. The second-order valence-electron chi connectivity index (χ2n) is 4.31. The maximum atomic E-state index is 6.16. The van der Waals surface area contributed by atoms with Crippen molar-refractivity contribution in [2.75, 3.05) is 6.54 Å². The Morgan fingerprint density at radius 3 is 2.89 bits per heavy atom. The minimum absolute atomic E-state index is 0.408. The van der Waals surface area contributed by atoms with E-state index in [2.05, 4.69) is 10.7 Å². The zero-order valence-electron chi connectivity index (χ0n) is 9.58. The monoisotopic (exact) mass is 318 g/mol. The normalized spacial score (nSPS) is 20.2. The van der Waals surface area contributed by atoms with E-state index in [1.807, 2.05) is 6.07 Å². The quantitative estimate of drug-likeness (QED) is 0.843. The van der Waals surface area contributed by atoms with Gasteiger partial charge in [-0.3, -0.25) is 0 Å². The number of piperidine rings is 1. The molecule has 1 unspecified atom stereocenters. The van der Waals surface area contributed by atoms with Crippen molar-refractivity contribution in [1.82, 2.24) is 10.3 Å². The van der Waals surface area contributed by atoms with Gasteiger partial charge in [0.25, 0.3) is 0 Å². The van der Waals surface area contributed by atoms with Crippen molar-refractivity contribution in [1.29, 1.82) is 0 Å². The lowest BCUT2D eigenvalue weighted by atomic mass is 10.1. The molecule has 0 aliphatic carbocycles. The highest BCUT2D eigenvalue weighted by Crippen LogP contribution is 2.39. The lowest BCUT2D eigenvalue weighted by Crippen LogP contribution is -2.26. The highest BCUT2D eigenvalue weighted by Gasteiger charge is 2.19. The van der Waals surface area contributed by atoms with Crippen LogP contribution in [0.5, 0.6) is 0 Å². The summed E-state index contributed by atoms with van der Waals surface area (Å²) in [5.41, 5.74) is 1.89. The van der Waals surface area contributed by atoms with Crippen LogP contribution in [0.4, 0.5) is 0 Å². The first-order valence-electron chi connectivity index (χ1n) is 5.88. The summed E-state index contributed by atoms with van der Waals surface area (Å²) in [5, 5.41) is 6.73. The Morgan fingerprint density at radius 1 is 1.33 bits per heavy atom. The predicted molar refractivity (Wildman–Crippen MR) is 80.0 cm³/mol.